The van der Waals surface area contributed by atoms with Gasteiger partial charge in [-0.15, -0.1) is 11.3 Å². The van der Waals surface area contributed by atoms with Gasteiger partial charge < -0.3 is 10.5 Å². The molecule has 1 heterocycles. The third-order valence-electron chi connectivity index (χ3n) is 2.74. The number of carbonyl (C=O) groups excluding carboxylic acids is 1. The van der Waals surface area contributed by atoms with Gasteiger partial charge in [0.25, 0.3) is 0 Å². The van der Waals surface area contributed by atoms with Crippen molar-refractivity contribution in [2.24, 2.45) is 0 Å². The van der Waals surface area contributed by atoms with E-state index in [1.807, 2.05) is 19.9 Å². The topological polar surface area (TPSA) is 52.3 Å². The van der Waals surface area contributed by atoms with Crippen LogP contribution in [0, 0.1) is 13.8 Å². The van der Waals surface area contributed by atoms with Gasteiger partial charge >= 0.3 is 0 Å². The lowest BCUT2D eigenvalue weighted by Gasteiger charge is -2.06. The molecule has 2 rings (SSSR count). The van der Waals surface area contributed by atoms with E-state index in [2.05, 4.69) is 0 Å². The number of aryl methyl sites for hydroxylation is 2. The molecule has 0 saturated carbocycles. The lowest BCUT2D eigenvalue weighted by molar-refractivity contribution is 0.104. The minimum atomic E-state index is 0.0138. The van der Waals surface area contributed by atoms with Crippen molar-refractivity contribution in [3.05, 3.63) is 45.1 Å². The Morgan fingerprint density at radius 2 is 2.00 bits per heavy atom. The molecule has 0 bridgehead atoms. The van der Waals surface area contributed by atoms with Crippen LogP contribution in [0.3, 0.4) is 0 Å². The quantitative estimate of drug-likeness (QED) is 0.682. The van der Waals surface area contributed by atoms with Crippen LogP contribution in [-0.4, -0.2) is 12.9 Å². The molecule has 0 spiro atoms. The summed E-state index contributed by atoms with van der Waals surface area (Å²) < 4.78 is 5.08. The predicted molar refractivity (Wildman–Crippen MR) is 74.6 cm³/mol. The zero-order chi connectivity index (χ0) is 13.3. The molecule has 94 valence electrons. The standard InChI is InChI=1S/C14H15NO2S/c1-8-6-9(2)18-14(8)13(16)10-4-5-12(17-3)11(15)7-10/h4-7H,15H2,1-3H3. The van der Waals surface area contributed by atoms with E-state index in [1.165, 1.54) is 11.3 Å². The molecule has 0 radical (unpaired) electrons. The fourth-order valence-corrected chi connectivity index (χ4v) is 2.86. The van der Waals surface area contributed by atoms with Gasteiger partial charge in [0.1, 0.15) is 5.75 Å². The van der Waals surface area contributed by atoms with Crippen LogP contribution in [0.2, 0.25) is 0 Å². The third kappa shape index (κ3) is 2.24. The molecule has 0 unspecified atom stereocenters. The van der Waals surface area contributed by atoms with Crippen molar-refractivity contribution in [3.8, 4) is 5.75 Å². The van der Waals surface area contributed by atoms with Crippen LogP contribution >= 0.6 is 11.3 Å². The number of carbonyl (C=O) groups is 1. The van der Waals surface area contributed by atoms with Crippen molar-refractivity contribution in [3.63, 3.8) is 0 Å². The summed E-state index contributed by atoms with van der Waals surface area (Å²) in [5.41, 5.74) is 7.90. The second-order valence-electron chi connectivity index (χ2n) is 4.16. The number of ketones is 1. The summed E-state index contributed by atoms with van der Waals surface area (Å²) in [5, 5.41) is 0. The van der Waals surface area contributed by atoms with E-state index >= 15 is 0 Å². The lowest BCUT2D eigenvalue weighted by atomic mass is 10.1. The normalized spacial score (nSPS) is 10.4. The molecule has 2 aromatic rings. The number of ether oxygens (including phenoxy) is 1. The van der Waals surface area contributed by atoms with Crippen LogP contribution in [-0.2, 0) is 0 Å². The first-order valence-corrected chi connectivity index (χ1v) is 6.40. The van der Waals surface area contributed by atoms with E-state index in [1.54, 1.807) is 25.3 Å². The minimum Gasteiger partial charge on any atom is -0.495 e. The fourth-order valence-electron chi connectivity index (χ4n) is 1.87. The molecule has 0 atom stereocenters. The third-order valence-corrected chi connectivity index (χ3v) is 3.89. The molecule has 0 saturated heterocycles. The van der Waals surface area contributed by atoms with E-state index in [4.69, 9.17) is 10.5 Å². The van der Waals surface area contributed by atoms with Crippen LogP contribution in [0.4, 0.5) is 5.69 Å². The van der Waals surface area contributed by atoms with Crippen molar-refractivity contribution < 1.29 is 9.53 Å². The first-order chi connectivity index (χ1) is 8.52. The van der Waals surface area contributed by atoms with E-state index in [0.717, 1.165) is 15.3 Å². The molecule has 1 aromatic carbocycles. The molecule has 0 fully saturated rings. The summed E-state index contributed by atoms with van der Waals surface area (Å²) in [6, 6.07) is 7.14. The summed E-state index contributed by atoms with van der Waals surface area (Å²) >= 11 is 1.51. The Kier molecular flexibility index (Phi) is 3.39. The van der Waals surface area contributed by atoms with E-state index in [9.17, 15) is 4.79 Å². The maximum absolute atomic E-state index is 12.3. The number of methoxy groups -OCH3 is 1. The second-order valence-corrected chi connectivity index (χ2v) is 5.41. The number of benzene rings is 1. The highest BCUT2D eigenvalue weighted by Gasteiger charge is 2.15. The molecule has 18 heavy (non-hydrogen) atoms. The van der Waals surface area contributed by atoms with Gasteiger partial charge in [0, 0.05) is 10.4 Å². The number of thiophene rings is 1. The fraction of sp³-hybridized carbons (Fsp3) is 0.214. The zero-order valence-electron chi connectivity index (χ0n) is 10.6. The van der Waals surface area contributed by atoms with Crippen LogP contribution in [0.5, 0.6) is 5.75 Å². The predicted octanol–water partition coefficient (Wildman–Crippen LogP) is 3.19. The number of nitrogens with two attached hydrogens (primary N) is 1. The number of nitrogen functional groups attached to an aromatic ring is 1. The largest absolute Gasteiger partial charge is 0.495 e. The second kappa shape index (κ2) is 4.82. The van der Waals surface area contributed by atoms with Crippen LogP contribution in [0.1, 0.15) is 25.7 Å². The molecule has 0 amide bonds. The molecule has 2 N–H and O–H groups in total. The summed E-state index contributed by atoms with van der Waals surface area (Å²) in [5.74, 6) is 0.602. The van der Waals surface area contributed by atoms with Gasteiger partial charge in [0.05, 0.1) is 17.7 Å². The Balaban J connectivity index is 2.40. The summed E-state index contributed by atoms with van der Waals surface area (Å²) in [7, 11) is 1.56. The molecule has 0 aliphatic heterocycles. The maximum Gasteiger partial charge on any atom is 0.203 e. The molecule has 1 aromatic heterocycles. The molecule has 0 aliphatic rings. The Bertz CT molecular complexity index is 602. The van der Waals surface area contributed by atoms with Gasteiger partial charge in [0.15, 0.2) is 0 Å². The van der Waals surface area contributed by atoms with Crippen molar-refractivity contribution in [2.75, 3.05) is 12.8 Å². The number of rotatable bonds is 3. The minimum absolute atomic E-state index is 0.0138. The number of anilines is 1. The van der Waals surface area contributed by atoms with E-state index in [-0.39, 0.29) is 5.78 Å². The van der Waals surface area contributed by atoms with Gasteiger partial charge in [-0.3, -0.25) is 4.79 Å². The molecule has 4 heteroatoms. The first-order valence-electron chi connectivity index (χ1n) is 5.58. The van der Waals surface area contributed by atoms with Crippen molar-refractivity contribution in [2.45, 2.75) is 13.8 Å². The zero-order valence-corrected chi connectivity index (χ0v) is 11.4. The Morgan fingerprint density at radius 3 is 2.50 bits per heavy atom. The SMILES string of the molecule is COc1ccc(C(=O)c2sc(C)cc2C)cc1N. The maximum atomic E-state index is 12.3. The van der Waals surface area contributed by atoms with Crippen molar-refractivity contribution in [1.29, 1.82) is 0 Å². The number of hydrogen-bond acceptors (Lipinski definition) is 4. The van der Waals surface area contributed by atoms with Crippen molar-refractivity contribution >= 4 is 22.8 Å². The highest BCUT2D eigenvalue weighted by atomic mass is 32.1. The Morgan fingerprint density at radius 1 is 1.28 bits per heavy atom. The van der Waals surface area contributed by atoms with Crippen LogP contribution < -0.4 is 10.5 Å². The highest BCUT2D eigenvalue weighted by molar-refractivity contribution is 7.14. The van der Waals surface area contributed by atoms with Crippen LogP contribution in [0.25, 0.3) is 0 Å². The van der Waals surface area contributed by atoms with E-state index in [0.29, 0.717) is 17.0 Å². The van der Waals surface area contributed by atoms with Crippen molar-refractivity contribution in [1.82, 2.24) is 0 Å². The molecular weight excluding hydrogens is 246 g/mol. The average Bonchev–Trinajstić information content (AvgIpc) is 2.67. The Labute approximate surface area is 110 Å². The van der Waals surface area contributed by atoms with Gasteiger partial charge in [-0.1, -0.05) is 0 Å². The molecule has 0 aliphatic carbocycles. The van der Waals surface area contributed by atoms with Crippen LogP contribution in [0.15, 0.2) is 24.3 Å². The molecular formula is C14H15NO2S. The van der Waals surface area contributed by atoms with Gasteiger partial charge in [-0.2, -0.15) is 0 Å². The first kappa shape index (κ1) is 12.6. The summed E-state index contributed by atoms with van der Waals surface area (Å²) in [4.78, 5) is 14.3. The van der Waals surface area contributed by atoms with Gasteiger partial charge in [-0.05, 0) is 43.7 Å². The average molecular weight is 261 g/mol. The monoisotopic (exact) mass is 261 g/mol. The highest BCUT2D eigenvalue weighted by Crippen LogP contribution is 2.27. The number of hydrogen-bond donors (Lipinski definition) is 1. The summed E-state index contributed by atoms with van der Waals surface area (Å²) in [6.45, 7) is 3.94. The lowest BCUT2D eigenvalue weighted by Crippen LogP contribution is -2.02. The van der Waals surface area contributed by atoms with Gasteiger partial charge in [-0.25, -0.2) is 0 Å². The summed E-state index contributed by atoms with van der Waals surface area (Å²) in [6.07, 6.45) is 0. The Hall–Kier alpha value is -1.81. The van der Waals surface area contributed by atoms with E-state index < -0.39 is 0 Å². The smallest absolute Gasteiger partial charge is 0.203 e. The molecule has 3 nitrogen and oxygen atoms in total. The van der Waals surface area contributed by atoms with Gasteiger partial charge in [0.2, 0.25) is 5.78 Å².